The molecule has 0 saturated carbocycles. The van der Waals surface area contributed by atoms with Crippen LogP contribution in [0.5, 0.6) is 5.75 Å². The van der Waals surface area contributed by atoms with Crippen molar-refractivity contribution in [2.45, 2.75) is 24.9 Å². The quantitative estimate of drug-likeness (QED) is 0.805. The monoisotopic (exact) mass is 391 g/mol. The Morgan fingerprint density at radius 2 is 2.12 bits per heavy atom. The van der Waals surface area contributed by atoms with Crippen molar-refractivity contribution in [1.82, 2.24) is 10.2 Å². The van der Waals surface area contributed by atoms with Gasteiger partial charge in [-0.3, -0.25) is 4.79 Å². The Kier molecular flexibility index (Phi) is 6.53. The number of halogens is 2. The molecule has 134 valence electrons. The van der Waals surface area contributed by atoms with Crippen LogP contribution in [0.15, 0.2) is 18.2 Å². The maximum Gasteiger partial charge on any atom is 0.240 e. The third kappa shape index (κ3) is 3.57. The summed E-state index contributed by atoms with van der Waals surface area (Å²) in [6, 6.07) is 5.95. The number of hydrogen-bond acceptors (Lipinski definition) is 5. The van der Waals surface area contributed by atoms with Crippen LogP contribution in [-0.4, -0.2) is 59.3 Å². The first-order chi connectivity index (χ1) is 10.7. The molecule has 0 aromatic heterocycles. The van der Waals surface area contributed by atoms with E-state index in [0.29, 0.717) is 11.8 Å². The summed E-state index contributed by atoms with van der Waals surface area (Å²) in [5.74, 6) is 2.50. The molecular formula is C16H23Cl2N3O2S. The highest BCUT2D eigenvalue weighted by atomic mass is 35.5. The molecule has 3 aliphatic rings. The molecule has 1 aromatic rings. The van der Waals surface area contributed by atoms with Crippen molar-refractivity contribution in [2.75, 3.05) is 36.2 Å². The predicted molar refractivity (Wildman–Crippen MR) is 103 cm³/mol. The number of thioether (sulfide) groups is 1. The van der Waals surface area contributed by atoms with Crippen LogP contribution in [0.2, 0.25) is 0 Å². The lowest BCUT2D eigenvalue weighted by atomic mass is 10.1. The second-order valence-electron chi connectivity index (χ2n) is 6.25. The lowest BCUT2D eigenvalue weighted by Gasteiger charge is -2.26. The molecule has 4 rings (SSSR count). The Bertz CT molecular complexity index is 599. The van der Waals surface area contributed by atoms with Crippen molar-refractivity contribution in [3.05, 3.63) is 23.8 Å². The summed E-state index contributed by atoms with van der Waals surface area (Å²) in [6.07, 6.45) is 1.85. The van der Waals surface area contributed by atoms with Crippen molar-refractivity contribution in [3.63, 3.8) is 0 Å². The summed E-state index contributed by atoms with van der Waals surface area (Å²) in [5.41, 5.74) is 2.43. The minimum atomic E-state index is -0.0372. The van der Waals surface area contributed by atoms with Crippen molar-refractivity contribution < 1.29 is 9.90 Å². The number of hydrogen-bond donors (Lipinski definition) is 2. The van der Waals surface area contributed by atoms with E-state index >= 15 is 0 Å². The van der Waals surface area contributed by atoms with E-state index in [4.69, 9.17) is 0 Å². The number of nitrogens with zero attached hydrogens (tertiary/aromatic N) is 2. The van der Waals surface area contributed by atoms with Crippen molar-refractivity contribution in [3.8, 4) is 5.75 Å². The van der Waals surface area contributed by atoms with E-state index in [1.54, 1.807) is 6.07 Å². The predicted octanol–water partition coefficient (Wildman–Crippen LogP) is 1.86. The van der Waals surface area contributed by atoms with Gasteiger partial charge in [-0.05, 0) is 36.6 Å². The van der Waals surface area contributed by atoms with Crippen LogP contribution in [0, 0.1) is 0 Å². The van der Waals surface area contributed by atoms with E-state index in [-0.39, 0.29) is 36.8 Å². The number of phenolic OH excluding ortho intramolecular Hbond substituents is 1. The Balaban J connectivity index is 0.00000104. The third-order valence-electron chi connectivity index (χ3n) is 4.91. The fourth-order valence-corrected chi connectivity index (χ4v) is 4.70. The van der Waals surface area contributed by atoms with E-state index in [1.165, 1.54) is 11.3 Å². The van der Waals surface area contributed by atoms with Crippen LogP contribution in [0.3, 0.4) is 0 Å². The fraction of sp³-hybridized carbons (Fsp3) is 0.562. The third-order valence-corrected chi connectivity index (χ3v) is 5.87. The van der Waals surface area contributed by atoms with Gasteiger partial charge in [-0.25, -0.2) is 0 Å². The molecule has 3 heterocycles. The van der Waals surface area contributed by atoms with Crippen LogP contribution in [0.25, 0.3) is 0 Å². The van der Waals surface area contributed by atoms with Gasteiger partial charge in [-0.2, -0.15) is 0 Å². The topological polar surface area (TPSA) is 55.8 Å². The largest absolute Gasteiger partial charge is 0.508 e. The maximum atomic E-state index is 12.5. The summed E-state index contributed by atoms with van der Waals surface area (Å²) < 4.78 is 0. The van der Waals surface area contributed by atoms with Gasteiger partial charge in [0.15, 0.2) is 0 Å². The van der Waals surface area contributed by atoms with E-state index in [9.17, 15) is 9.90 Å². The fourth-order valence-electron chi connectivity index (χ4n) is 3.74. The lowest BCUT2D eigenvalue weighted by molar-refractivity contribution is -0.131. The zero-order chi connectivity index (χ0) is 15.1. The minimum absolute atomic E-state index is 0. The molecule has 1 aromatic carbocycles. The summed E-state index contributed by atoms with van der Waals surface area (Å²) in [7, 11) is 0. The normalized spacial score (nSPS) is 25.2. The maximum absolute atomic E-state index is 12.5. The SMILES string of the molecule is Cl.Cl.O=C([C@@H]1C[C@H](N2CCc3cc(O)ccc32)CN1)N1CCSC1. The van der Waals surface area contributed by atoms with E-state index in [0.717, 1.165) is 44.1 Å². The zero-order valence-electron chi connectivity index (χ0n) is 13.3. The molecule has 3 aliphatic heterocycles. The molecule has 2 N–H and O–H groups in total. The second kappa shape index (κ2) is 8.04. The number of fused-ring (bicyclic) bond motifs is 1. The smallest absolute Gasteiger partial charge is 0.240 e. The molecule has 24 heavy (non-hydrogen) atoms. The molecule has 2 fully saturated rings. The highest BCUT2D eigenvalue weighted by Gasteiger charge is 2.37. The molecule has 0 radical (unpaired) electrons. The number of nitrogens with one attached hydrogen (secondary N) is 1. The Morgan fingerprint density at radius 3 is 2.88 bits per heavy atom. The molecule has 2 saturated heterocycles. The van der Waals surface area contributed by atoms with Gasteiger partial charge in [0.1, 0.15) is 5.75 Å². The number of phenols is 1. The summed E-state index contributed by atoms with van der Waals surface area (Å²) in [4.78, 5) is 16.9. The molecule has 0 aliphatic carbocycles. The average Bonchev–Trinajstić information content (AvgIpc) is 3.25. The summed E-state index contributed by atoms with van der Waals surface area (Å²) in [6.45, 7) is 2.72. The van der Waals surface area contributed by atoms with Gasteiger partial charge in [0.2, 0.25) is 5.91 Å². The Labute approximate surface area is 159 Å². The van der Waals surface area contributed by atoms with Gasteiger partial charge < -0.3 is 20.2 Å². The zero-order valence-corrected chi connectivity index (χ0v) is 15.8. The first-order valence-corrected chi connectivity index (χ1v) is 9.06. The number of carbonyl (C=O) groups is 1. The van der Waals surface area contributed by atoms with Gasteiger partial charge in [-0.1, -0.05) is 0 Å². The van der Waals surface area contributed by atoms with E-state index in [2.05, 4.69) is 10.2 Å². The van der Waals surface area contributed by atoms with Crippen molar-refractivity contribution in [2.24, 2.45) is 0 Å². The van der Waals surface area contributed by atoms with Gasteiger partial charge in [0.05, 0.1) is 11.9 Å². The Hall–Kier alpha value is -0.820. The first-order valence-electron chi connectivity index (χ1n) is 7.91. The second-order valence-corrected chi connectivity index (χ2v) is 7.32. The molecule has 2 atom stereocenters. The van der Waals surface area contributed by atoms with Gasteiger partial charge >= 0.3 is 0 Å². The van der Waals surface area contributed by atoms with Gasteiger partial charge in [-0.15, -0.1) is 36.6 Å². The molecule has 1 amide bonds. The van der Waals surface area contributed by atoms with E-state index in [1.807, 2.05) is 28.8 Å². The van der Waals surface area contributed by atoms with Crippen LogP contribution < -0.4 is 10.2 Å². The van der Waals surface area contributed by atoms with Crippen molar-refractivity contribution in [1.29, 1.82) is 0 Å². The number of rotatable bonds is 2. The number of carbonyl (C=O) groups excluding carboxylic acids is 1. The molecule has 0 unspecified atom stereocenters. The molecule has 0 spiro atoms. The highest BCUT2D eigenvalue weighted by molar-refractivity contribution is 7.99. The van der Waals surface area contributed by atoms with Crippen LogP contribution in [0.4, 0.5) is 5.69 Å². The molecule has 5 nitrogen and oxygen atoms in total. The molecular weight excluding hydrogens is 369 g/mol. The molecule has 0 bridgehead atoms. The highest BCUT2D eigenvalue weighted by Crippen LogP contribution is 2.34. The van der Waals surface area contributed by atoms with Crippen molar-refractivity contribution >= 4 is 48.2 Å². The molecule has 8 heteroatoms. The Morgan fingerprint density at radius 1 is 1.29 bits per heavy atom. The average molecular weight is 392 g/mol. The van der Waals surface area contributed by atoms with Crippen LogP contribution in [0.1, 0.15) is 12.0 Å². The van der Waals surface area contributed by atoms with Crippen LogP contribution >= 0.6 is 36.6 Å². The number of aromatic hydroxyl groups is 1. The van der Waals surface area contributed by atoms with Crippen LogP contribution in [-0.2, 0) is 11.2 Å². The number of anilines is 1. The summed E-state index contributed by atoms with van der Waals surface area (Å²) >= 11 is 1.83. The van der Waals surface area contributed by atoms with E-state index < -0.39 is 0 Å². The minimum Gasteiger partial charge on any atom is -0.508 e. The standard InChI is InChI=1S/C16H21N3O2S.2ClH/c20-13-1-2-15-11(7-13)3-4-19(15)12-8-14(17-9-12)16(21)18-5-6-22-10-18;;/h1-2,7,12,14,17,20H,3-6,8-10H2;2*1H/t12-,14-;;/m0../s1. The summed E-state index contributed by atoms with van der Waals surface area (Å²) in [5, 5.41) is 13.0. The lowest BCUT2D eigenvalue weighted by Crippen LogP contribution is -2.42. The van der Waals surface area contributed by atoms with Gasteiger partial charge in [0.25, 0.3) is 0 Å². The number of amides is 1. The first kappa shape index (κ1) is 19.5. The van der Waals surface area contributed by atoms with Gasteiger partial charge in [0, 0.05) is 37.1 Å². The number of benzene rings is 1.